The number of rotatable bonds is 3. The number of hydrogen-bond donors (Lipinski definition) is 1. The second-order valence-corrected chi connectivity index (χ2v) is 4.36. The number of nitrogens with two attached hydrogens (primary N) is 1. The second kappa shape index (κ2) is 4.49. The van der Waals surface area contributed by atoms with Crippen LogP contribution in [0.3, 0.4) is 0 Å². The number of halogens is 3. The van der Waals surface area contributed by atoms with Crippen LogP contribution in [0.25, 0.3) is 0 Å². The van der Waals surface area contributed by atoms with Crippen molar-refractivity contribution in [2.45, 2.75) is 18.9 Å². The Morgan fingerprint density at radius 3 is 2.71 bits per heavy atom. The Kier molecular flexibility index (Phi) is 3.19. The third-order valence-corrected chi connectivity index (χ3v) is 2.91. The van der Waals surface area contributed by atoms with Gasteiger partial charge in [0, 0.05) is 12.1 Å². The number of anilines is 2. The molecule has 0 spiro atoms. The van der Waals surface area contributed by atoms with E-state index in [1.54, 1.807) is 0 Å². The molecule has 1 amide bonds. The Morgan fingerprint density at radius 1 is 1.53 bits per heavy atom. The van der Waals surface area contributed by atoms with Crippen LogP contribution in [0.2, 0.25) is 5.02 Å². The predicted molar refractivity (Wildman–Crippen MR) is 62.3 cm³/mol. The van der Waals surface area contributed by atoms with Gasteiger partial charge < -0.3 is 10.6 Å². The lowest BCUT2D eigenvalue weighted by molar-refractivity contribution is -0.119. The number of carbonyl (C=O) groups is 1. The van der Waals surface area contributed by atoms with Crippen molar-refractivity contribution in [2.75, 3.05) is 17.3 Å². The van der Waals surface area contributed by atoms with E-state index >= 15 is 0 Å². The predicted octanol–water partition coefficient (Wildman–Crippen LogP) is 2.53. The van der Waals surface area contributed by atoms with Gasteiger partial charge in [0.2, 0.25) is 0 Å². The van der Waals surface area contributed by atoms with Crippen LogP contribution in [-0.4, -0.2) is 18.6 Å². The van der Waals surface area contributed by atoms with E-state index in [0.29, 0.717) is 0 Å². The fourth-order valence-electron chi connectivity index (χ4n) is 1.69. The number of nitrogens with zero attached hydrogens (tertiary/aromatic N) is 1. The fourth-order valence-corrected chi connectivity index (χ4v) is 1.85. The zero-order valence-corrected chi connectivity index (χ0v) is 9.68. The van der Waals surface area contributed by atoms with Crippen LogP contribution in [0.4, 0.5) is 20.2 Å². The van der Waals surface area contributed by atoms with E-state index in [2.05, 4.69) is 0 Å². The number of alkyl halides is 1. The molecule has 0 atom stereocenters. The first-order chi connectivity index (χ1) is 8.04. The molecule has 0 unspecified atom stereocenters. The summed E-state index contributed by atoms with van der Waals surface area (Å²) in [7, 11) is 0. The summed E-state index contributed by atoms with van der Waals surface area (Å²) in [6, 6.07) is 2.25. The third-order valence-electron chi connectivity index (χ3n) is 2.62. The molecule has 92 valence electrons. The van der Waals surface area contributed by atoms with Crippen molar-refractivity contribution in [1.29, 1.82) is 0 Å². The van der Waals surface area contributed by atoms with Crippen LogP contribution in [0.5, 0.6) is 0 Å². The summed E-state index contributed by atoms with van der Waals surface area (Å²) in [5.74, 6) is -1.33. The lowest BCUT2D eigenvalue weighted by atomic mass is 10.2. The molecule has 17 heavy (non-hydrogen) atoms. The molecule has 1 aliphatic carbocycles. The van der Waals surface area contributed by atoms with Gasteiger partial charge in [0.15, 0.2) is 6.67 Å². The summed E-state index contributed by atoms with van der Waals surface area (Å²) >= 11 is 5.64. The summed E-state index contributed by atoms with van der Waals surface area (Å²) in [5.41, 5.74) is 6.00. The van der Waals surface area contributed by atoms with Crippen LogP contribution in [0.1, 0.15) is 12.8 Å². The molecule has 1 aromatic carbocycles. The van der Waals surface area contributed by atoms with E-state index < -0.39 is 18.4 Å². The van der Waals surface area contributed by atoms with Gasteiger partial charge in [0.05, 0.1) is 16.4 Å². The second-order valence-electron chi connectivity index (χ2n) is 3.95. The minimum atomic E-state index is -1.11. The van der Waals surface area contributed by atoms with Crippen LogP contribution in [-0.2, 0) is 4.79 Å². The summed E-state index contributed by atoms with van der Waals surface area (Å²) in [4.78, 5) is 12.8. The lowest BCUT2D eigenvalue weighted by Gasteiger charge is -2.23. The molecule has 3 nitrogen and oxygen atoms in total. The quantitative estimate of drug-likeness (QED) is 0.849. The Balaban J connectivity index is 2.42. The van der Waals surface area contributed by atoms with Gasteiger partial charge in [0.1, 0.15) is 5.82 Å². The number of hydrogen-bond acceptors (Lipinski definition) is 2. The summed E-state index contributed by atoms with van der Waals surface area (Å²) in [6.07, 6.45) is 1.58. The molecule has 6 heteroatoms. The van der Waals surface area contributed by atoms with E-state index in [9.17, 15) is 13.6 Å². The van der Waals surface area contributed by atoms with E-state index in [1.165, 1.54) is 11.0 Å². The number of carbonyl (C=O) groups excluding carboxylic acids is 1. The Bertz CT molecular complexity index is 463. The number of amides is 1. The van der Waals surface area contributed by atoms with Crippen LogP contribution in [0.15, 0.2) is 12.1 Å². The topological polar surface area (TPSA) is 46.3 Å². The third kappa shape index (κ3) is 2.34. The van der Waals surface area contributed by atoms with Gasteiger partial charge in [-0.25, -0.2) is 8.78 Å². The molecule has 0 aromatic heterocycles. The van der Waals surface area contributed by atoms with Crippen molar-refractivity contribution in [3.8, 4) is 0 Å². The first-order valence-corrected chi connectivity index (χ1v) is 5.55. The molecule has 0 heterocycles. The summed E-state index contributed by atoms with van der Waals surface area (Å²) < 4.78 is 25.6. The average Bonchev–Trinajstić information content (AvgIpc) is 3.09. The van der Waals surface area contributed by atoms with Gasteiger partial charge in [-0.2, -0.15) is 0 Å². The van der Waals surface area contributed by atoms with Crippen molar-refractivity contribution in [1.82, 2.24) is 0 Å². The molecule has 1 saturated carbocycles. The summed E-state index contributed by atoms with van der Waals surface area (Å²) in [5, 5.41) is -0.133. The smallest absolute Gasteiger partial charge is 0.258 e. The maximum absolute atomic E-state index is 13.1. The van der Waals surface area contributed by atoms with Crippen LogP contribution in [0, 0.1) is 5.82 Å². The monoisotopic (exact) mass is 260 g/mol. The zero-order chi connectivity index (χ0) is 12.6. The van der Waals surface area contributed by atoms with Gasteiger partial charge in [-0.1, -0.05) is 11.6 Å². The highest BCUT2D eigenvalue weighted by Gasteiger charge is 2.34. The van der Waals surface area contributed by atoms with Crippen molar-refractivity contribution in [3.05, 3.63) is 23.0 Å². The van der Waals surface area contributed by atoms with E-state index in [-0.39, 0.29) is 22.4 Å². The van der Waals surface area contributed by atoms with Gasteiger partial charge in [0.25, 0.3) is 5.91 Å². The Hall–Kier alpha value is -1.36. The normalized spacial score (nSPS) is 14.8. The molecule has 1 aromatic rings. The highest BCUT2D eigenvalue weighted by atomic mass is 35.5. The Labute approximate surface area is 102 Å². The van der Waals surface area contributed by atoms with Gasteiger partial charge in [-0.3, -0.25) is 4.79 Å². The molecular formula is C11H11ClF2N2O. The van der Waals surface area contributed by atoms with Crippen molar-refractivity contribution < 1.29 is 13.6 Å². The fraction of sp³-hybridized carbons (Fsp3) is 0.364. The molecule has 1 fully saturated rings. The highest BCUT2D eigenvalue weighted by molar-refractivity contribution is 6.31. The first-order valence-electron chi connectivity index (χ1n) is 5.17. The molecule has 2 rings (SSSR count). The number of benzene rings is 1. The molecule has 1 aliphatic rings. The van der Waals surface area contributed by atoms with Crippen LogP contribution >= 0.6 is 11.6 Å². The molecular weight excluding hydrogens is 250 g/mol. The minimum absolute atomic E-state index is 0.0536. The van der Waals surface area contributed by atoms with E-state index in [4.69, 9.17) is 17.3 Å². The number of nitrogen functional groups attached to an aromatic ring is 1. The van der Waals surface area contributed by atoms with Gasteiger partial charge in [-0.05, 0) is 18.9 Å². The highest BCUT2D eigenvalue weighted by Crippen LogP contribution is 2.37. The molecule has 0 bridgehead atoms. The van der Waals surface area contributed by atoms with Gasteiger partial charge in [-0.15, -0.1) is 0 Å². The maximum Gasteiger partial charge on any atom is 0.258 e. The average molecular weight is 261 g/mol. The SMILES string of the molecule is Nc1cc(F)c(Cl)cc1N(C(=O)CF)C1CC1. The molecule has 0 aliphatic heterocycles. The Morgan fingerprint density at radius 2 is 2.18 bits per heavy atom. The van der Waals surface area contributed by atoms with Crippen molar-refractivity contribution >= 4 is 28.9 Å². The maximum atomic E-state index is 13.1. The minimum Gasteiger partial charge on any atom is -0.397 e. The summed E-state index contributed by atoms with van der Waals surface area (Å²) in [6.45, 7) is -1.11. The van der Waals surface area contributed by atoms with Crippen molar-refractivity contribution in [3.63, 3.8) is 0 Å². The van der Waals surface area contributed by atoms with E-state index in [1.807, 2.05) is 0 Å². The largest absolute Gasteiger partial charge is 0.397 e. The van der Waals surface area contributed by atoms with Crippen LogP contribution < -0.4 is 10.6 Å². The molecule has 0 radical (unpaired) electrons. The molecule has 2 N–H and O–H groups in total. The van der Waals surface area contributed by atoms with Gasteiger partial charge >= 0.3 is 0 Å². The molecule has 0 saturated heterocycles. The lowest BCUT2D eigenvalue weighted by Crippen LogP contribution is -2.34. The van der Waals surface area contributed by atoms with E-state index in [0.717, 1.165) is 18.9 Å². The standard InChI is InChI=1S/C11H11ClF2N2O/c12-7-3-10(9(15)4-8(7)14)16(6-1-2-6)11(17)5-13/h3-4,6H,1-2,5,15H2. The zero-order valence-electron chi connectivity index (χ0n) is 8.92. The first kappa shape index (κ1) is 12.1. The van der Waals surface area contributed by atoms with Crippen molar-refractivity contribution in [2.24, 2.45) is 0 Å².